The molecular formula is C25H26O11. The Bertz CT molecular complexity index is 1160. The predicted octanol–water partition coefficient (Wildman–Crippen LogP) is 1.11. The van der Waals surface area contributed by atoms with E-state index in [4.69, 9.17) is 18.9 Å². The Balaban J connectivity index is 1.68. The van der Waals surface area contributed by atoms with E-state index in [9.17, 15) is 34.8 Å². The zero-order valence-corrected chi connectivity index (χ0v) is 19.5. The number of aromatic hydroxyl groups is 1. The van der Waals surface area contributed by atoms with Crippen LogP contribution in [0.25, 0.3) is 0 Å². The summed E-state index contributed by atoms with van der Waals surface area (Å²) in [6.07, 6.45) is -8.42. The van der Waals surface area contributed by atoms with E-state index in [1.54, 1.807) is 24.3 Å². The minimum Gasteiger partial charge on any atom is -0.507 e. The van der Waals surface area contributed by atoms with Gasteiger partial charge >= 0.3 is 11.9 Å². The van der Waals surface area contributed by atoms with Crippen molar-refractivity contribution in [1.82, 2.24) is 0 Å². The average Bonchev–Trinajstić information content (AvgIpc) is 2.82. The molecule has 0 bridgehead atoms. The molecule has 2 heterocycles. The maximum absolute atomic E-state index is 13.0. The molecule has 36 heavy (non-hydrogen) atoms. The zero-order valence-electron chi connectivity index (χ0n) is 19.5. The topological polar surface area (TPSA) is 169 Å². The number of phenols is 1. The van der Waals surface area contributed by atoms with Crippen LogP contribution < -0.4 is 9.47 Å². The molecule has 0 saturated carbocycles. The minimum atomic E-state index is -1.71. The highest BCUT2D eigenvalue weighted by Crippen LogP contribution is 2.47. The molecule has 0 spiro atoms. The summed E-state index contributed by atoms with van der Waals surface area (Å²) in [7, 11) is 0. The smallest absolute Gasteiger partial charge is 0.308 e. The highest BCUT2D eigenvalue weighted by molar-refractivity contribution is 6.00. The van der Waals surface area contributed by atoms with Crippen LogP contribution in [0.1, 0.15) is 54.0 Å². The maximum Gasteiger partial charge on any atom is 0.308 e. The summed E-state index contributed by atoms with van der Waals surface area (Å²) < 4.78 is 21.8. The molecule has 0 unspecified atom stereocenters. The van der Waals surface area contributed by atoms with E-state index in [0.29, 0.717) is 11.3 Å². The predicted molar refractivity (Wildman–Crippen MR) is 120 cm³/mol. The first-order valence-corrected chi connectivity index (χ1v) is 11.2. The van der Waals surface area contributed by atoms with Crippen molar-refractivity contribution >= 4 is 17.7 Å². The molecule has 11 nitrogen and oxygen atoms in total. The first-order valence-electron chi connectivity index (χ1n) is 11.2. The molecule has 6 atom stereocenters. The van der Waals surface area contributed by atoms with E-state index >= 15 is 0 Å². The summed E-state index contributed by atoms with van der Waals surface area (Å²) >= 11 is 0. The van der Waals surface area contributed by atoms with Gasteiger partial charge in [0.05, 0.1) is 17.5 Å². The maximum atomic E-state index is 13.0. The van der Waals surface area contributed by atoms with Crippen molar-refractivity contribution in [2.24, 2.45) is 0 Å². The van der Waals surface area contributed by atoms with Gasteiger partial charge in [0.2, 0.25) is 0 Å². The molecule has 2 aromatic rings. The number of aliphatic hydroxyl groups is 3. The van der Waals surface area contributed by atoms with Crippen LogP contribution in [0, 0.1) is 0 Å². The molecular weight excluding hydrogens is 476 g/mol. The number of hydrogen-bond donors (Lipinski definition) is 4. The van der Waals surface area contributed by atoms with Crippen LogP contribution in [0.2, 0.25) is 0 Å². The van der Waals surface area contributed by atoms with E-state index in [0.717, 1.165) is 6.92 Å². The molecule has 2 aliphatic rings. The lowest BCUT2D eigenvalue weighted by Crippen LogP contribution is -2.55. The number of carbonyl (C=O) groups is 3. The quantitative estimate of drug-likeness (QED) is 0.341. The van der Waals surface area contributed by atoms with Crippen LogP contribution in [0.4, 0.5) is 0 Å². The first-order chi connectivity index (χ1) is 17.1. The molecule has 1 fully saturated rings. The SMILES string of the molecule is CC(=O)OC[C@@H]1O[C@H](c2c(O)ccc3c2O[C@@H](c2ccc(OC(C)=O)cc2)CC3=O)[C@H](O)[C@@H](O)[C@@H]1O. The second kappa shape index (κ2) is 10.2. The van der Waals surface area contributed by atoms with E-state index in [1.807, 2.05) is 0 Å². The average molecular weight is 502 g/mol. The van der Waals surface area contributed by atoms with Crippen LogP contribution in [0.5, 0.6) is 17.2 Å². The lowest BCUT2D eigenvalue weighted by molar-refractivity contribution is -0.234. The van der Waals surface area contributed by atoms with Gasteiger partial charge in [0.25, 0.3) is 0 Å². The van der Waals surface area contributed by atoms with E-state index in [-0.39, 0.29) is 34.8 Å². The van der Waals surface area contributed by atoms with Crippen LogP contribution in [-0.4, -0.2) is 69.2 Å². The molecule has 11 heteroatoms. The van der Waals surface area contributed by atoms with Crippen molar-refractivity contribution < 1.29 is 53.8 Å². The Hall–Kier alpha value is -3.51. The monoisotopic (exact) mass is 502 g/mol. The third kappa shape index (κ3) is 5.05. The van der Waals surface area contributed by atoms with Crippen LogP contribution in [-0.2, 0) is 19.1 Å². The number of ketones is 1. The fourth-order valence-electron chi connectivity index (χ4n) is 4.30. The Labute approximate surface area is 205 Å². The van der Waals surface area contributed by atoms with Gasteiger partial charge in [0.15, 0.2) is 5.78 Å². The largest absolute Gasteiger partial charge is 0.507 e. The number of ether oxygens (including phenoxy) is 4. The first kappa shape index (κ1) is 25.6. The van der Waals surface area contributed by atoms with Gasteiger partial charge in [-0.2, -0.15) is 0 Å². The molecule has 1 saturated heterocycles. The third-order valence-electron chi connectivity index (χ3n) is 6.07. The molecule has 0 aromatic heterocycles. The Morgan fingerprint density at radius 3 is 2.31 bits per heavy atom. The summed E-state index contributed by atoms with van der Waals surface area (Å²) in [4.78, 5) is 35.4. The molecule has 2 aliphatic heterocycles. The van der Waals surface area contributed by atoms with Crippen molar-refractivity contribution in [3.05, 3.63) is 53.1 Å². The van der Waals surface area contributed by atoms with Gasteiger partial charge in [-0.25, -0.2) is 0 Å². The van der Waals surface area contributed by atoms with Crippen molar-refractivity contribution in [2.45, 2.75) is 56.9 Å². The van der Waals surface area contributed by atoms with Gasteiger partial charge in [-0.15, -0.1) is 0 Å². The number of Topliss-reactive ketones (excluding diaryl/α,β-unsaturated/α-hetero) is 1. The van der Waals surface area contributed by atoms with Crippen LogP contribution >= 0.6 is 0 Å². The van der Waals surface area contributed by atoms with Gasteiger partial charge in [0.1, 0.15) is 60.5 Å². The summed E-state index contributed by atoms with van der Waals surface area (Å²) in [6, 6.07) is 8.99. The Morgan fingerprint density at radius 2 is 1.67 bits per heavy atom. The number of rotatable bonds is 5. The molecule has 4 N–H and O–H groups in total. The van der Waals surface area contributed by atoms with Gasteiger partial charge in [0, 0.05) is 13.8 Å². The highest BCUT2D eigenvalue weighted by Gasteiger charge is 2.47. The number of hydrogen-bond acceptors (Lipinski definition) is 11. The van der Waals surface area contributed by atoms with Crippen LogP contribution in [0.15, 0.2) is 36.4 Å². The number of aliphatic hydroxyl groups excluding tert-OH is 3. The fourth-order valence-corrected chi connectivity index (χ4v) is 4.30. The fraction of sp³-hybridized carbons (Fsp3) is 0.400. The van der Waals surface area contributed by atoms with Gasteiger partial charge in [-0.05, 0) is 29.8 Å². The molecule has 2 aromatic carbocycles. The molecule has 0 aliphatic carbocycles. The normalized spacial score (nSPS) is 27.5. The lowest BCUT2D eigenvalue weighted by Gasteiger charge is -2.41. The minimum absolute atomic E-state index is 0.0192. The number of phenolic OH excluding ortho intramolecular Hbond substituents is 1. The van der Waals surface area contributed by atoms with Crippen molar-refractivity contribution in [3.63, 3.8) is 0 Å². The molecule has 4 rings (SSSR count). The Morgan fingerprint density at radius 1 is 0.972 bits per heavy atom. The highest BCUT2D eigenvalue weighted by atomic mass is 16.6. The van der Waals surface area contributed by atoms with E-state index in [2.05, 4.69) is 0 Å². The van der Waals surface area contributed by atoms with E-state index < -0.39 is 55.2 Å². The van der Waals surface area contributed by atoms with Gasteiger partial charge in [-0.1, -0.05) is 12.1 Å². The molecule has 0 radical (unpaired) electrons. The number of fused-ring (bicyclic) bond motifs is 1. The number of carbonyl (C=O) groups excluding carboxylic acids is 3. The lowest BCUT2D eigenvalue weighted by atomic mass is 9.87. The second-order valence-electron chi connectivity index (χ2n) is 8.64. The van der Waals surface area contributed by atoms with Crippen LogP contribution in [0.3, 0.4) is 0 Å². The summed E-state index contributed by atoms with van der Waals surface area (Å²) in [5, 5.41) is 42.1. The standard InChI is InChI=1S/C25H26O11/c1-11(26)33-10-19-21(30)22(31)23(32)25(36-19)20-16(28)8-7-15-17(29)9-18(35-24(15)20)13-3-5-14(6-4-13)34-12(2)27/h3-8,18-19,21-23,25,28,30-32H,9-10H2,1-2H3/t18-,19+,21-,22+,23-,25-/m1/s1. The van der Waals surface area contributed by atoms with E-state index in [1.165, 1.54) is 19.1 Å². The Kier molecular flexibility index (Phi) is 7.27. The summed E-state index contributed by atoms with van der Waals surface area (Å²) in [6.45, 7) is 2.02. The molecule has 192 valence electrons. The molecule has 0 amide bonds. The van der Waals surface area contributed by atoms with Crippen molar-refractivity contribution in [2.75, 3.05) is 6.61 Å². The second-order valence-corrected chi connectivity index (χ2v) is 8.64. The van der Waals surface area contributed by atoms with Gasteiger partial charge < -0.3 is 39.4 Å². The van der Waals surface area contributed by atoms with Crippen molar-refractivity contribution in [3.8, 4) is 17.2 Å². The zero-order chi connectivity index (χ0) is 26.1. The van der Waals surface area contributed by atoms with Gasteiger partial charge in [-0.3, -0.25) is 14.4 Å². The summed E-state index contributed by atoms with van der Waals surface area (Å²) in [5.41, 5.74) is 0.643. The third-order valence-corrected chi connectivity index (χ3v) is 6.07. The number of benzene rings is 2. The number of esters is 2. The summed E-state index contributed by atoms with van der Waals surface area (Å²) in [5.74, 6) is -1.51. The van der Waals surface area contributed by atoms with Crippen molar-refractivity contribution in [1.29, 1.82) is 0 Å².